The summed E-state index contributed by atoms with van der Waals surface area (Å²) in [5, 5.41) is 9.54. The van der Waals surface area contributed by atoms with Crippen LogP contribution in [0.15, 0.2) is 42.5 Å². The van der Waals surface area contributed by atoms with Gasteiger partial charge < -0.3 is 5.11 Å². The summed E-state index contributed by atoms with van der Waals surface area (Å²) in [6.07, 6.45) is -4.49. The summed E-state index contributed by atoms with van der Waals surface area (Å²) < 4.78 is 37.4. The van der Waals surface area contributed by atoms with Crippen molar-refractivity contribution in [2.45, 2.75) is 6.18 Å². The van der Waals surface area contributed by atoms with E-state index in [-0.39, 0.29) is 17.0 Å². The number of nitrogens with zero attached hydrogens (tertiary/aromatic N) is 1. The summed E-state index contributed by atoms with van der Waals surface area (Å²) in [5.74, 6) is -0.0978. The molecule has 0 amide bonds. The molecule has 1 heterocycles. The third kappa shape index (κ3) is 2.38. The number of rotatable bonds is 1. The van der Waals surface area contributed by atoms with Gasteiger partial charge in [0.1, 0.15) is 11.4 Å². The summed E-state index contributed by atoms with van der Waals surface area (Å²) >= 11 is 0. The first-order chi connectivity index (χ1) is 7.98. The normalized spacial score (nSPS) is 11.5. The topological polar surface area (TPSA) is 33.1 Å². The highest BCUT2D eigenvalue weighted by atomic mass is 19.4. The van der Waals surface area contributed by atoms with Crippen LogP contribution in [-0.4, -0.2) is 10.1 Å². The SMILES string of the molecule is Oc1ccccc1-c1cccc(C(F)(F)F)n1. The zero-order valence-electron chi connectivity index (χ0n) is 8.57. The number of para-hydroxylation sites is 1. The average Bonchev–Trinajstić information content (AvgIpc) is 2.29. The van der Waals surface area contributed by atoms with Crippen molar-refractivity contribution in [3.63, 3.8) is 0 Å². The van der Waals surface area contributed by atoms with E-state index in [0.29, 0.717) is 0 Å². The molecule has 0 saturated carbocycles. The highest BCUT2D eigenvalue weighted by Gasteiger charge is 2.32. The van der Waals surface area contributed by atoms with E-state index in [2.05, 4.69) is 4.98 Å². The molecule has 1 N–H and O–H groups in total. The van der Waals surface area contributed by atoms with Crippen molar-refractivity contribution in [2.75, 3.05) is 0 Å². The van der Waals surface area contributed by atoms with E-state index in [0.717, 1.165) is 6.07 Å². The standard InChI is InChI=1S/C12H8F3NO/c13-12(14,15)11-7-3-5-9(16-11)8-4-1-2-6-10(8)17/h1-7,17H. The van der Waals surface area contributed by atoms with Crippen molar-refractivity contribution >= 4 is 0 Å². The van der Waals surface area contributed by atoms with Gasteiger partial charge in [0.2, 0.25) is 0 Å². The van der Waals surface area contributed by atoms with Crippen LogP contribution in [0.25, 0.3) is 11.3 Å². The van der Waals surface area contributed by atoms with Gasteiger partial charge in [0.15, 0.2) is 0 Å². The predicted octanol–water partition coefficient (Wildman–Crippen LogP) is 3.47. The first-order valence-electron chi connectivity index (χ1n) is 4.81. The molecule has 0 aliphatic heterocycles. The molecule has 0 aliphatic carbocycles. The molecule has 17 heavy (non-hydrogen) atoms. The second-order valence-corrected chi connectivity index (χ2v) is 3.42. The maximum absolute atomic E-state index is 12.5. The summed E-state index contributed by atoms with van der Waals surface area (Å²) in [5.41, 5.74) is -0.602. The van der Waals surface area contributed by atoms with Crippen molar-refractivity contribution in [2.24, 2.45) is 0 Å². The minimum absolute atomic E-state index is 0.0953. The van der Waals surface area contributed by atoms with Crippen LogP contribution in [0.3, 0.4) is 0 Å². The lowest BCUT2D eigenvalue weighted by atomic mass is 10.1. The van der Waals surface area contributed by atoms with E-state index in [9.17, 15) is 18.3 Å². The fraction of sp³-hybridized carbons (Fsp3) is 0.0833. The lowest BCUT2D eigenvalue weighted by molar-refractivity contribution is -0.141. The van der Waals surface area contributed by atoms with Crippen LogP contribution >= 0.6 is 0 Å². The van der Waals surface area contributed by atoms with Crippen LogP contribution in [0, 0.1) is 0 Å². The number of aromatic hydroxyl groups is 1. The maximum atomic E-state index is 12.5. The van der Waals surface area contributed by atoms with E-state index in [1.807, 2.05) is 0 Å². The number of phenolic OH excluding ortho intramolecular Hbond substituents is 1. The molecule has 0 atom stereocenters. The number of hydrogen-bond donors (Lipinski definition) is 1. The fourth-order valence-electron chi connectivity index (χ4n) is 1.43. The van der Waals surface area contributed by atoms with Crippen LogP contribution in [0.5, 0.6) is 5.75 Å². The van der Waals surface area contributed by atoms with Gasteiger partial charge in [-0.25, -0.2) is 4.98 Å². The van der Waals surface area contributed by atoms with Crippen LogP contribution in [0.2, 0.25) is 0 Å². The van der Waals surface area contributed by atoms with Gasteiger partial charge in [0, 0.05) is 5.56 Å². The van der Waals surface area contributed by atoms with E-state index >= 15 is 0 Å². The van der Waals surface area contributed by atoms with E-state index in [1.54, 1.807) is 12.1 Å². The van der Waals surface area contributed by atoms with Crippen LogP contribution in [0.1, 0.15) is 5.69 Å². The van der Waals surface area contributed by atoms with Crippen LogP contribution in [-0.2, 0) is 6.18 Å². The van der Waals surface area contributed by atoms with Crippen molar-refractivity contribution in [3.8, 4) is 17.0 Å². The number of aromatic nitrogens is 1. The Morgan fingerprint density at radius 1 is 0.941 bits per heavy atom. The van der Waals surface area contributed by atoms with Crippen molar-refractivity contribution in [3.05, 3.63) is 48.2 Å². The second-order valence-electron chi connectivity index (χ2n) is 3.42. The fourth-order valence-corrected chi connectivity index (χ4v) is 1.43. The Balaban J connectivity index is 2.51. The van der Waals surface area contributed by atoms with Crippen molar-refractivity contribution in [1.29, 1.82) is 0 Å². The van der Waals surface area contributed by atoms with Gasteiger partial charge in [-0.1, -0.05) is 18.2 Å². The second kappa shape index (κ2) is 4.08. The zero-order chi connectivity index (χ0) is 12.5. The Morgan fingerprint density at radius 3 is 2.29 bits per heavy atom. The number of benzene rings is 1. The van der Waals surface area contributed by atoms with Gasteiger partial charge in [-0.3, -0.25) is 0 Å². The van der Waals surface area contributed by atoms with Gasteiger partial charge in [-0.2, -0.15) is 13.2 Å². The summed E-state index contributed by atoms with van der Waals surface area (Å²) in [6, 6.07) is 9.70. The van der Waals surface area contributed by atoms with E-state index in [1.165, 1.54) is 24.3 Å². The van der Waals surface area contributed by atoms with Crippen molar-refractivity contribution < 1.29 is 18.3 Å². The average molecular weight is 239 g/mol. The quantitative estimate of drug-likeness (QED) is 0.826. The molecule has 2 rings (SSSR count). The first-order valence-corrected chi connectivity index (χ1v) is 4.81. The summed E-state index contributed by atoms with van der Waals surface area (Å²) in [6.45, 7) is 0. The molecule has 0 unspecified atom stereocenters. The number of halogens is 3. The minimum atomic E-state index is -4.49. The molecule has 1 aromatic carbocycles. The smallest absolute Gasteiger partial charge is 0.433 e. The third-order valence-corrected chi connectivity index (χ3v) is 2.22. The molecule has 0 bridgehead atoms. The van der Waals surface area contributed by atoms with E-state index in [4.69, 9.17) is 0 Å². The predicted molar refractivity (Wildman–Crippen MR) is 56.3 cm³/mol. The van der Waals surface area contributed by atoms with Gasteiger partial charge in [0.05, 0.1) is 5.69 Å². The summed E-state index contributed by atoms with van der Waals surface area (Å²) in [4.78, 5) is 3.49. The molecule has 1 aromatic heterocycles. The molecular weight excluding hydrogens is 231 g/mol. The van der Waals surface area contributed by atoms with Gasteiger partial charge >= 0.3 is 6.18 Å². The lowest BCUT2D eigenvalue weighted by Gasteiger charge is -2.08. The Morgan fingerprint density at radius 2 is 1.65 bits per heavy atom. The number of hydrogen-bond acceptors (Lipinski definition) is 2. The number of pyridine rings is 1. The van der Waals surface area contributed by atoms with Crippen LogP contribution in [0.4, 0.5) is 13.2 Å². The van der Waals surface area contributed by atoms with Crippen molar-refractivity contribution in [1.82, 2.24) is 4.98 Å². The Kier molecular flexibility index (Phi) is 2.75. The molecule has 2 nitrogen and oxygen atoms in total. The Labute approximate surface area is 95.4 Å². The molecule has 0 radical (unpaired) electrons. The molecule has 0 aliphatic rings. The molecule has 88 valence electrons. The molecule has 0 fully saturated rings. The molecule has 0 saturated heterocycles. The monoisotopic (exact) mass is 239 g/mol. The number of phenols is 1. The molecule has 5 heteroatoms. The highest BCUT2D eigenvalue weighted by Crippen LogP contribution is 2.31. The minimum Gasteiger partial charge on any atom is -0.507 e. The largest absolute Gasteiger partial charge is 0.507 e. The Bertz CT molecular complexity index is 537. The molecule has 2 aromatic rings. The van der Waals surface area contributed by atoms with Crippen LogP contribution < -0.4 is 0 Å². The zero-order valence-corrected chi connectivity index (χ0v) is 8.57. The highest BCUT2D eigenvalue weighted by molar-refractivity contribution is 5.66. The van der Waals surface area contributed by atoms with Gasteiger partial charge in [0.25, 0.3) is 0 Å². The van der Waals surface area contributed by atoms with Gasteiger partial charge in [-0.15, -0.1) is 0 Å². The first kappa shape index (κ1) is 11.4. The number of alkyl halides is 3. The maximum Gasteiger partial charge on any atom is 0.433 e. The molecular formula is C12H8F3NO. The van der Waals surface area contributed by atoms with Gasteiger partial charge in [-0.05, 0) is 24.3 Å². The van der Waals surface area contributed by atoms with E-state index < -0.39 is 11.9 Å². The lowest BCUT2D eigenvalue weighted by Crippen LogP contribution is -2.07. The summed E-state index contributed by atoms with van der Waals surface area (Å²) in [7, 11) is 0. The Hall–Kier alpha value is -2.04. The molecule has 0 spiro atoms. The third-order valence-electron chi connectivity index (χ3n) is 2.22.